The van der Waals surface area contributed by atoms with E-state index in [2.05, 4.69) is 39.4 Å². The standard InChI is InChI=1S/C27H19BrN2O2/c28-25-13-3-4-14-26(25)30-27(31)22(17-29)15-19-7-5-11-23(16-19)32-18-21-10-6-9-20-8-1-2-12-24(20)21/h1-16H,18H2,(H,30,31)/b22-15+. The van der Waals surface area contributed by atoms with Crippen molar-refractivity contribution in [2.45, 2.75) is 6.61 Å². The fraction of sp³-hybridized carbons (Fsp3) is 0.0370. The summed E-state index contributed by atoms with van der Waals surface area (Å²) in [4.78, 5) is 12.6. The second kappa shape index (κ2) is 9.95. The van der Waals surface area contributed by atoms with Gasteiger partial charge in [0.1, 0.15) is 24.0 Å². The van der Waals surface area contributed by atoms with E-state index in [1.165, 1.54) is 5.39 Å². The van der Waals surface area contributed by atoms with Crippen LogP contribution >= 0.6 is 15.9 Å². The molecule has 0 fully saturated rings. The van der Waals surface area contributed by atoms with E-state index in [4.69, 9.17) is 4.74 Å². The zero-order valence-electron chi connectivity index (χ0n) is 17.1. The van der Waals surface area contributed by atoms with Crippen LogP contribution < -0.4 is 10.1 Å². The molecule has 4 aromatic carbocycles. The van der Waals surface area contributed by atoms with Gasteiger partial charge in [-0.05, 0) is 68.2 Å². The first kappa shape index (κ1) is 21.4. The molecule has 4 rings (SSSR count). The smallest absolute Gasteiger partial charge is 0.266 e. The summed E-state index contributed by atoms with van der Waals surface area (Å²) < 4.78 is 6.75. The Bertz CT molecular complexity index is 1350. The quantitative estimate of drug-likeness (QED) is 0.244. The van der Waals surface area contributed by atoms with Crippen LogP contribution in [0.2, 0.25) is 0 Å². The molecule has 0 aromatic heterocycles. The molecule has 0 heterocycles. The molecule has 32 heavy (non-hydrogen) atoms. The van der Waals surface area contributed by atoms with Gasteiger partial charge in [0, 0.05) is 4.47 Å². The van der Waals surface area contributed by atoms with E-state index in [1.54, 1.807) is 12.1 Å². The molecule has 0 radical (unpaired) electrons. The predicted octanol–water partition coefficient (Wildman–Crippen LogP) is 6.73. The van der Waals surface area contributed by atoms with Crippen molar-refractivity contribution in [2.75, 3.05) is 5.32 Å². The topological polar surface area (TPSA) is 62.1 Å². The third-order valence-electron chi connectivity index (χ3n) is 4.93. The lowest BCUT2D eigenvalue weighted by Gasteiger charge is -2.10. The highest BCUT2D eigenvalue weighted by atomic mass is 79.9. The molecule has 0 aliphatic heterocycles. The third-order valence-corrected chi connectivity index (χ3v) is 5.62. The molecule has 4 nitrogen and oxygen atoms in total. The van der Waals surface area contributed by atoms with E-state index < -0.39 is 5.91 Å². The van der Waals surface area contributed by atoms with E-state index in [0.29, 0.717) is 23.6 Å². The normalized spacial score (nSPS) is 11.1. The van der Waals surface area contributed by atoms with E-state index in [0.717, 1.165) is 15.4 Å². The van der Waals surface area contributed by atoms with Gasteiger partial charge in [0.25, 0.3) is 5.91 Å². The fourth-order valence-corrected chi connectivity index (χ4v) is 3.72. The van der Waals surface area contributed by atoms with E-state index >= 15 is 0 Å². The Kier molecular flexibility index (Phi) is 6.64. The summed E-state index contributed by atoms with van der Waals surface area (Å²) in [6, 6.07) is 30.9. The zero-order valence-corrected chi connectivity index (χ0v) is 18.7. The molecule has 4 aromatic rings. The van der Waals surface area contributed by atoms with Crippen LogP contribution in [-0.4, -0.2) is 5.91 Å². The van der Waals surface area contributed by atoms with Gasteiger partial charge in [-0.25, -0.2) is 0 Å². The number of nitriles is 1. The van der Waals surface area contributed by atoms with Crippen LogP contribution in [0.3, 0.4) is 0 Å². The van der Waals surface area contributed by atoms with Crippen molar-refractivity contribution in [3.63, 3.8) is 0 Å². The number of nitrogens with one attached hydrogen (secondary N) is 1. The molecule has 156 valence electrons. The Morgan fingerprint density at radius 3 is 2.56 bits per heavy atom. The van der Waals surface area contributed by atoms with Crippen molar-refractivity contribution in [1.29, 1.82) is 5.26 Å². The Balaban J connectivity index is 1.50. The fourth-order valence-electron chi connectivity index (χ4n) is 3.34. The number of fused-ring (bicyclic) bond motifs is 1. The maximum absolute atomic E-state index is 12.6. The lowest BCUT2D eigenvalue weighted by molar-refractivity contribution is -0.112. The zero-order chi connectivity index (χ0) is 22.3. The minimum Gasteiger partial charge on any atom is -0.489 e. The highest BCUT2D eigenvalue weighted by Gasteiger charge is 2.11. The molecule has 0 saturated heterocycles. The molecule has 0 atom stereocenters. The lowest BCUT2D eigenvalue weighted by atomic mass is 10.1. The average molecular weight is 483 g/mol. The van der Waals surface area contributed by atoms with Crippen molar-refractivity contribution in [3.05, 3.63) is 112 Å². The number of halogens is 1. The molecular weight excluding hydrogens is 464 g/mol. The number of para-hydroxylation sites is 1. The van der Waals surface area contributed by atoms with Crippen molar-refractivity contribution in [2.24, 2.45) is 0 Å². The Hall–Kier alpha value is -3.88. The molecule has 0 bridgehead atoms. The molecular formula is C27H19BrN2O2. The Morgan fingerprint density at radius 2 is 1.72 bits per heavy atom. The van der Waals surface area contributed by atoms with Crippen LogP contribution in [0.15, 0.2) is 101 Å². The van der Waals surface area contributed by atoms with Gasteiger partial charge in [-0.2, -0.15) is 5.26 Å². The van der Waals surface area contributed by atoms with Crippen LogP contribution in [-0.2, 0) is 11.4 Å². The number of rotatable bonds is 6. The summed E-state index contributed by atoms with van der Waals surface area (Å²) in [5.41, 5.74) is 2.41. The van der Waals surface area contributed by atoms with Crippen molar-refractivity contribution < 1.29 is 9.53 Å². The van der Waals surface area contributed by atoms with E-state index in [-0.39, 0.29) is 5.57 Å². The molecule has 0 saturated carbocycles. The van der Waals surface area contributed by atoms with Gasteiger partial charge in [0.15, 0.2) is 0 Å². The summed E-state index contributed by atoms with van der Waals surface area (Å²) in [7, 11) is 0. The van der Waals surface area contributed by atoms with Crippen LogP contribution in [0.4, 0.5) is 5.69 Å². The van der Waals surface area contributed by atoms with Crippen molar-refractivity contribution in [1.82, 2.24) is 0 Å². The summed E-state index contributed by atoms with van der Waals surface area (Å²) in [6.07, 6.45) is 1.55. The van der Waals surface area contributed by atoms with E-state index in [1.807, 2.05) is 72.8 Å². The SMILES string of the molecule is N#C/C(=C\c1cccc(OCc2cccc3ccccc23)c1)C(=O)Nc1ccccc1Br. The van der Waals surface area contributed by atoms with Crippen LogP contribution in [0.5, 0.6) is 5.75 Å². The lowest BCUT2D eigenvalue weighted by Crippen LogP contribution is -2.13. The number of hydrogen-bond acceptors (Lipinski definition) is 3. The highest BCUT2D eigenvalue weighted by Crippen LogP contribution is 2.24. The monoisotopic (exact) mass is 482 g/mol. The summed E-state index contributed by atoms with van der Waals surface area (Å²) in [6.45, 7) is 0.419. The van der Waals surface area contributed by atoms with Gasteiger partial charge < -0.3 is 10.1 Å². The second-order valence-corrected chi connectivity index (χ2v) is 7.96. The second-order valence-electron chi connectivity index (χ2n) is 7.10. The number of anilines is 1. The molecule has 0 aliphatic carbocycles. The maximum Gasteiger partial charge on any atom is 0.266 e. The summed E-state index contributed by atoms with van der Waals surface area (Å²) in [5.74, 6) is 0.191. The predicted molar refractivity (Wildman–Crippen MR) is 131 cm³/mol. The van der Waals surface area contributed by atoms with Gasteiger partial charge in [0.2, 0.25) is 0 Å². The number of nitrogens with zero attached hydrogens (tertiary/aromatic N) is 1. The molecule has 0 unspecified atom stereocenters. The molecule has 1 amide bonds. The number of amides is 1. The molecule has 5 heteroatoms. The van der Waals surface area contributed by atoms with Gasteiger partial charge in [-0.1, -0.05) is 66.7 Å². The summed E-state index contributed by atoms with van der Waals surface area (Å²) >= 11 is 3.39. The average Bonchev–Trinajstić information content (AvgIpc) is 2.83. The van der Waals surface area contributed by atoms with Crippen molar-refractivity contribution >= 4 is 44.4 Å². The van der Waals surface area contributed by atoms with Crippen LogP contribution in [0, 0.1) is 11.3 Å². The molecule has 0 aliphatic rings. The largest absolute Gasteiger partial charge is 0.489 e. The number of carbonyl (C=O) groups is 1. The van der Waals surface area contributed by atoms with Gasteiger partial charge in [-0.3, -0.25) is 4.79 Å². The third kappa shape index (κ3) is 5.05. The van der Waals surface area contributed by atoms with Crippen LogP contribution in [0.1, 0.15) is 11.1 Å². The number of ether oxygens (including phenoxy) is 1. The Morgan fingerprint density at radius 1 is 0.969 bits per heavy atom. The molecule has 0 spiro atoms. The van der Waals surface area contributed by atoms with Crippen LogP contribution in [0.25, 0.3) is 16.8 Å². The number of hydrogen-bond donors (Lipinski definition) is 1. The first-order valence-electron chi connectivity index (χ1n) is 10.0. The minimum atomic E-state index is -0.471. The summed E-state index contributed by atoms with van der Waals surface area (Å²) in [5, 5.41) is 14.6. The Labute approximate surface area is 194 Å². The number of benzene rings is 4. The highest BCUT2D eigenvalue weighted by molar-refractivity contribution is 9.10. The number of carbonyl (C=O) groups excluding carboxylic acids is 1. The van der Waals surface area contributed by atoms with Gasteiger partial charge in [-0.15, -0.1) is 0 Å². The first-order chi connectivity index (χ1) is 15.6. The minimum absolute atomic E-state index is 0.00644. The van der Waals surface area contributed by atoms with Gasteiger partial charge >= 0.3 is 0 Å². The van der Waals surface area contributed by atoms with E-state index in [9.17, 15) is 10.1 Å². The van der Waals surface area contributed by atoms with Crippen molar-refractivity contribution in [3.8, 4) is 11.8 Å². The first-order valence-corrected chi connectivity index (χ1v) is 10.8. The van der Waals surface area contributed by atoms with Gasteiger partial charge in [0.05, 0.1) is 5.69 Å². The molecule has 1 N–H and O–H groups in total. The maximum atomic E-state index is 12.6.